The Morgan fingerprint density at radius 2 is 1.61 bits per heavy atom. The van der Waals surface area contributed by atoms with Crippen LogP contribution in [-0.4, -0.2) is 53.2 Å². The van der Waals surface area contributed by atoms with Crippen LogP contribution in [0.1, 0.15) is 43.7 Å². The van der Waals surface area contributed by atoms with Gasteiger partial charge >= 0.3 is 12.1 Å². The zero-order valence-electron chi connectivity index (χ0n) is 18.8. The first-order valence-corrected chi connectivity index (χ1v) is 11.4. The second-order valence-electron chi connectivity index (χ2n) is 10.1. The van der Waals surface area contributed by atoms with Gasteiger partial charge in [-0.15, -0.1) is 0 Å². The summed E-state index contributed by atoms with van der Waals surface area (Å²) in [5.74, 6) is -1.78. The third kappa shape index (κ3) is 3.65. The lowest BCUT2D eigenvalue weighted by atomic mass is 9.82. The smallest absolute Gasteiger partial charge is 0.408 e. The molecule has 2 amide bonds. The molecule has 0 bridgehead atoms. The Morgan fingerprint density at radius 3 is 2.12 bits per heavy atom. The number of nitrogens with one attached hydrogen (secondary N) is 1. The highest BCUT2D eigenvalue weighted by atomic mass is 16.5. The monoisotopic (exact) mass is 448 g/mol. The van der Waals surface area contributed by atoms with E-state index in [9.17, 15) is 19.5 Å². The van der Waals surface area contributed by atoms with Crippen LogP contribution in [0, 0.1) is 11.3 Å². The fourth-order valence-corrected chi connectivity index (χ4v) is 5.35. The van der Waals surface area contributed by atoms with Gasteiger partial charge in [-0.2, -0.15) is 0 Å². The van der Waals surface area contributed by atoms with E-state index in [0.29, 0.717) is 19.4 Å². The van der Waals surface area contributed by atoms with Crippen molar-refractivity contribution in [2.24, 2.45) is 11.3 Å². The third-order valence-electron chi connectivity index (χ3n) is 7.37. The van der Waals surface area contributed by atoms with Crippen LogP contribution in [0.2, 0.25) is 0 Å². The van der Waals surface area contributed by atoms with Crippen LogP contribution in [0.4, 0.5) is 4.79 Å². The van der Waals surface area contributed by atoms with Crippen molar-refractivity contribution in [3.63, 3.8) is 0 Å². The lowest BCUT2D eigenvalue weighted by Crippen LogP contribution is -2.50. The van der Waals surface area contributed by atoms with Gasteiger partial charge in [0.15, 0.2) is 0 Å². The number of hydrogen-bond acceptors (Lipinski definition) is 4. The Morgan fingerprint density at radius 1 is 1.03 bits per heavy atom. The number of carboxylic acid groups (broad SMARTS) is 1. The number of ether oxygens (including phenoxy) is 1. The van der Waals surface area contributed by atoms with Gasteiger partial charge in [0.25, 0.3) is 0 Å². The van der Waals surface area contributed by atoms with Gasteiger partial charge in [-0.3, -0.25) is 9.59 Å². The molecule has 1 unspecified atom stereocenters. The number of aliphatic carboxylic acids is 1. The maximum Gasteiger partial charge on any atom is 0.408 e. The summed E-state index contributed by atoms with van der Waals surface area (Å²) < 4.78 is 5.61. The normalized spacial score (nSPS) is 21.8. The molecular weight excluding hydrogens is 420 g/mol. The molecule has 7 heteroatoms. The van der Waals surface area contributed by atoms with Gasteiger partial charge < -0.3 is 20.1 Å². The van der Waals surface area contributed by atoms with Gasteiger partial charge in [-0.1, -0.05) is 62.4 Å². The summed E-state index contributed by atoms with van der Waals surface area (Å²) in [7, 11) is 0. The highest BCUT2D eigenvalue weighted by Gasteiger charge is 2.56. The van der Waals surface area contributed by atoms with Gasteiger partial charge in [0.2, 0.25) is 5.91 Å². The highest BCUT2D eigenvalue weighted by Crippen LogP contribution is 2.45. The Hall–Kier alpha value is -3.35. The summed E-state index contributed by atoms with van der Waals surface area (Å²) in [6, 6.07) is 16.2. The number of alkyl carbamates (subject to hydrolysis) is 1. The van der Waals surface area contributed by atoms with Crippen molar-refractivity contribution in [2.45, 2.75) is 38.1 Å². The number of likely N-dealkylation sites (tertiary alicyclic amines) is 1. The quantitative estimate of drug-likeness (QED) is 0.728. The lowest BCUT2D eigenvalue weighted by molar-refractivity contribution is -0.144. The molecule has 0 aromatic heterocycles. The number of fused-ring (bicyclic) bond motifs is 3. The van der Waals surface area contributed by atoms with E-state index in [1.54, 1.807) is 4.90 Å². The van der Waals surface area contributed by atoms with Crippen molar-refractivity contribution in [2.75, 3.05) is 19.7 Å². The summed E-state index contributed by atoms with van der Waals surface area (Å²) in [6.07, 6.45) is 0.450. The number of carbonyl (C=O) groups excluding carboxylic acids is 2. The van der Waals surface area contributed by atoms with E-state index in [-0.39, 0.29) is 25.0 Å². The van der Waals surface area contributed by atoms with E-state index in [2.05, 4.69) is 29.6 Å². The third-order valence-corrected chi connectivity index (χ3v) is 7.37. The van der Waals surface area contributed by atoms with Crippen LogP contribution in [0.15, 0.2) is 48.5 Å². The molecule has 172 valence electrons. The molecule has 0 spiro atoms. The molecule has 33 heavy (non-hydrogen) atoms. The summed E-state index contributed by atoms with van der Waals surface area (Å²) in [5, 5.41) is 12.3. The summed E-state index contributed by atoms with van der Waals surface area (Å²) in [6.45, 7) is 4.42. The molecule has 1 saturated carbocycles. The molecule has 2 N–H and O–H groups in total. The molecule has 3 aliphatic rings. The molecule has 1 saturated heterocycles. The first-order valence-electron chi connectivity index (χ1n) is 11.4. The summed E-state index contributed by atoms with van der Waals surface area (Å²) >= 11 is 0. The van der Waals surface area contributed by atoms with Crippen LogP contribution < -0.4 is 5.32 Å². The number of benzene rings is 2. The molecule has 1 aliphatic heterocycles. The summed E-state index contributed by atoms with van der Waals surface area (Å²) in [5.41, 5.74) is 3.07. The average molecular weight is 449 g/mol. The Bertz CT molecular complexity index is 1090. The fraction of sp³-hybridized carbons (Fsp3) is 0.423. The van der Waals surface area contributed by atoms with Gasteiger partial charge in [0, 0.05) is 19.0 Å². The number of nitrogens with zero attached hydrogens (tertiary/aromatic N) is 1. The maximum absolute atomic E-state index is 13.2. The van der Waals surface area contributed by atoms with E-state index in [1.165, 1.54) is 0 Å². The average Bonchev–Trinajstić information content (AvgIpc) is 3.38. The molecule has 1 heterocycles. The molecule has 2 fully saturated rings. The molecule has 2 aromatic carbocycles. The number of amides is 2. The van der Waals surface area contributed by atoms with Gasteiger partial charge in [0.05, 0.1) is 5.92 Å². The van der Waals surface area contributed by atoms with E-state index in [4.69, 9.17) is 4.74 Å². The largest absolute Gasteiger partial charge is 0.481 e. The lowest BCUT2D eigenvalue weighted by Gasteiger charge is -2.25. The van der Waals surface area contributed by atoms with Crippen LogP contribution in [0.3, 0.4) is 0 Å². The molecule has 2 aromatic rings. The minimum atomic E-state index is -0.980. The zero-order valence-corrected chi connectivity index (χ0v) is 18.8. The molecule has 0 radical (unpaired) electrons. The number of rotatable bonds is 5. The van der Waals surface area contributed by atoms with Crippen molar-refractivity contribution in [1.82, 2.24) is 10.2 Å². The number of carbonyl (C=O) groups is 3. The van der Waals surface area contributed by atoms with Crippen LogP contribution in [0.25, 0.3) is 11.1 Å². The molecule has 7 nitrogen and oxygen atoms in total. The zero-order chi connectivity index (χ0) is 23.4. The molecule has 1 atom stereocenters. The van der Waals surface area contributed by atoms with E-state index < -0.39 is 28.9 Å². The Kier molecular flexibility index (Phi) is 4.96. The molecular formula is C26H28N2O5. The minimum absolute atomic E-state index is 0.0512. The standard InChI is InChI=1S/C26H28N2O5/c1-25(2)15-28(13-21(25)22(29)30)23(31)26(11-12-26)27-24(32)33-14-20-18-9-5-3-7-16(18)17-8-4-6-10-19(17)20/h3-10,20-21H,11-15H2,1-2H3,(H,27,32)(H,29,30). The maximum atomic E-state index is 13.2. The van der Waals surface area contributed by atoms with Gasteiger partial charge in [0.1, 0.15) is 12.1 Å². The van der Waals surface area contributed by atoms with Crippen molar-refractivity contribution in [1.29, 1.82) is 0 Å². The van der Waals surface area contributed by atoms with Crippen LogP contribution in [0.5, 0.6) is 0 Å². The molecule has 2 aliphatic carbocycles. The van der Waals surface area contributed by atoms with Gasteiger partial charge in [-0.05, 0) is 40.5 Å². The highest BCUT2D eigenvalue weighted by molar-refractivity contribution is 5.93. The van der Waals surface area contributed by atoms with Gasteiger partial charge in [-0.25, -0.2) is 4.79 Å². The van der Waals surface area contributed by atoms with Crippen LogP contribution in [-0.2, 0) is 14.3 Å². The molecule has 5 rings (SSSR count). The van der Waals surface area contributed by atoms with E-state index in [0.717, 1.165) is 22.3 Å². The van der Waals surface area contributed by atoms with Crippen molar-refractivity contribution < 1.29 is 24.2 Å². The number of carboxylic acids is 1. The topological polar surface area (TPSA) is 95.9 Å². The van der Waals surface area contributed by atoms with Crippen LogP contribution >= 0.6 is 0 Å². The minimum Gasteiger partial charge on any atom is -0.481 e. The van der Waals surface area contributed by atoms with E-state index in [1.807, 2.05) is 38.1 Å². The first-order chi connectivity index (χ1) is 15.7. The second kappa shape index (κ2) is 7.61. The predicted octanol–water partition coefficient (Wildman–Crippen LogP) is 3.63. The Balaban J connectivity index is 1.24. The fourth-order valence-electron chi connectivity index (χ4n) is 5.35. The SMILES string of the molecule is CC1(C)CN(C(=O)C2(NC(=O)OCC3c4ccccc4-c4ccccc43)CC2)CC1C(=O)O. The van der Waals surface area contributed by atoms with E-state index >= 15 is 0 Å². The van der Waals surface area contributed by atoms with Crippen molar-refractivity contribution in [3.8, 4) is 11.1 Å². The number of hydrogen-bond donors (Lipinski definition) is 2. The van der Waals surface area contributed by atoms with Crippen molar-refractivity contribution >= 4 is 18.0 Å². The summed E-state index contributed by atoms with van der Waals surface area (Å²) in [4.78, 5) is 39.0. The van der Waals surface area contributed by atoms with Crippen molar-refractivity contribution in [3.05, 3.63) is 59.7 Å². The first kappa shape index (κ1) is 21.5. The Labute approximate surface area is 192 Å². The predicted molar refractivity (Wildman–Crippen MR) is 122 cm³/mol. The second-order valence-corrected chi connectivity index (χ2v) is 10.1.